The minimum absolute atomic E-state index is 0.108. The van der Waals surface area contributed by atoms with Gasteiger partial charge in [0.25, 0.3) is 5.91 Å². The first-order valence-corrected chi connectivity index (χ1v) is 6.75. The first-order valence-electron chi connectivity index (χ1n) is 6.37. The van der Waals surface area contributed by atoms with Crippen LogP contribution in [-0.4, -0.2) is 22.5 Å². The molecule has 1 heterocycles. The zero-order valence-electron chi connectivity index (χ0n) is 11.6. The average molecular weight is 327 g/mol. The van der Waals surface area contributed by atoms with Gasteiger partial charge in [0.1, 0.15) is 22.4 Å². The van der Waals surface area contributed by atoms with Gasteiger partial charge in [-0.15, -0.1) is 0 Å². The van der Waals surface area contributed by atoms with Crippen LogP contribution in [0.2, 0.25) is 5.15 Å². The molecule has 0 aliphatic rings. The minimum atomic E-state index is -1.69. The van der Waals surface area contributed by atoms with E-state index in [1.807, 2.05) is 0 Å². The number of benzene rings is 1. The van der Waals surface area contributed by atoms with Gasteiger partial charge < -0.3 is 10.4 Å². The molecule has 1 aromatic heterocycles. The lowest BCUT2D eigenvalue weighted by molar-refractivity contribution is 0.0494. The monoisotopic (exact) mass is 326 g/mol. The number of carbonyl (C=O) groups excluding carboxylic acids is 1. The van der Waals surface area contributed by atoms with E-state index in [4.69, 9.17) is 11.6 Å². The fourth-order valence-corrected chi connectivity index (χ4v) is 2.00. The Kier molecular flexibility index (Phi) is 4.73. The van der Waals surface area contributed by atoms with Gasteiger partial charge in [-0.25, -0.2) is 13.8 Å². The van der Waals surface area contributed by atoms with Crippen LogP contribution in [0.25, 0.3) is 0 Å². The number of aliphatic hydroxyl groups is 1. The van der Waals surface area contributed by atoms with Crippen LogP contribution in [-0.2, 0) is 5.60 Å². The molecule has 0 aliphatic carbocycles. The predicted molar refractivity (Wildman–Crippen MR) is 77.5 cm³/mol. The summed E-state index contributed by atoms with van der Waals surface area (Å²) >= 11 is 5.62. The number of halogens is 3. The molecule has 0 radical (unpaired) electrons. The van der Waals surface area contributed by atoms with Crippen molar-refractivity contribution in [3.8, 4) is 0 Å². The predicted octanol–water partition coefficient (Wildman–Crippen LogP) is 2.65. The van der Waals surface area contributed by atoms with E-state index in [0.717, 1.165) is 12.1 Å². The van der Waals surface area contributed by atoms with Gasteiger partial charge in [-0.3, -0.25) is 4.79 Å². The third kappa shape index (κ3) is 3.78. The highest BCUT2D eigenvalue weighted by Crippen LogP contribution is 2.23. The van der Waals surface area contributed by atoms with E-state index in [2.05, 4.69) is 10.3 Å². The number of amides is 1. The molecule has 116 valence electrons. The van der Waals surface area contributed by atoms with E-state index in [1.165, 1.54) is 25.3 Å². The Bertz CT molecular complexity index is 690. The van der Waals surface area contributed by atoms with Crippen molar-refractivity contribution in [2.75, 3.05) is 6.54 Å². The summed E-state index contributed by atoms with van der Waals surface area (Å²) in [5, 5.41) is 13.0. The number of aromatic nitrogens is 1. The average Bonchev–Trinajstić information content (AvgIpc) is 2.45. The zero-order chi connectivity index (χ0) is 16.3. The van der Waals surface area contributed by atoms with Crippen molar-refractivity contribution < 1.29 is 18.7 Å². The molecule has 0 aliphatic heterocycles. The summed E-state index contributed by atoms with van der Waals surface area (Å²) < 4.78 is 26.6. The van der Waals surface area contributed by atoms with E-state index >= 15 is 0 Å². The molecule has 1 atom stereocenters. The van der Waals surface area contributed by atoms with Crippen molar-refractivity contribution >= 4 is 17.5 Å². The van der Waals surface area contributed by atoms with Crippen LogP contribution in [0.1, 0.15) is 22.8 Å². The van der Waals surface area contributed by atoms with Gasteiger partial charge in [-0.05, 0) is 25.1 Å². The molecule has 0 saturated heterocycles. The van der Waals surface area contributed by atoms with Crippen molar-refractivity contribution in [1.82, 2.24) is 10.3 Å². The Morgan fingerprint density at radius 1 is 1.36 bits per heavy atom. The van der Waals surface area contributed by atoms with E-state index < -0.39 is 23.1 Å². The summed E-state index contributed by atoms with van der Waals surface area (Å²) in [4.78, 5) is 15.7. The Balaban J connectivity index is 2.08. The van der Waals surface area contributed by atoms with Crippen molar-refractivity contribution in [2.24, 2.45) is 0 Å². The Morgan fingerprint density at radius 3 is 2.68 bits per heavy atom. The van der Waals surface area contributed by atoms with Crippen LogP contribution < -0.4 is 5.32 Å². The van der Waals surface area contributed by atoms with E-state index in [9.17, 15) is 18.7 Å². The number of hydrogen-bond acceptors (Lipinski definition) is 3. The second-order valence-electron chi connectivity index (χ2n) is 4.95. The second-order valence-corrected chi connectivity index (χ2v) is 5.34. The van der Waals surface area contributed by atoms with Crippen LogP contribution in [0.4, 0.5) is 8.78 Å². The molecule has 22 heavy (non-hydrogen) atoms. The lowest BCUT2D eigenvalue weighted by atomic mass is 9.95. The summed E-state index contributed by atoms with van der Waals surface area (Å²) in [6, 6.07) is 5.78. The Morgan fingerprint density at radius 2 is 2.09 bits per heavy atom. The van der Waals surface area contributed by atoms with Crippen molar-refractivity contribution in [3.63, 3.8) is 0 Å². The number of rotatable bonds is 4. The summed E-state index contributed by atoms with van der Waals surface area (Å²) in [5.74, 6) is -2.12. The molecule has 2 N–H and O–H groups in total. The molecule has 1 aromatic carbocycles. The zero-order valence-corrected chi connectivity index (χ0v) is 12.4. The largest absolute Gasteiger partial charge is 0.383 e. The lowest BCUT2D eigenvalue weighted by Crippen LogP contribution is -2.39. The molecule has 0 bridgehead atoms. The number of hydrogen-bond donors (Lipinski definition) is 2. The van der Waals surface area contributed by atoms with Crippen LogP contribution in [0.5, 0.6) is 0 Å². The number of nitrogens with one attached hydrogen (secondary N) is 1. The summed E-state index contributed by atoms with van der Waals surface area (Å²) in [6.45, 7) is 1.07. The molecule has 2 aromatic rings. The van der Waals surface area contributed by atoms with Gasteiger partial charge in [0.2, 0.25) is 0 Å². The molecular weight excluding hydrogens is 314 g/mol. The van der Waals surface area contributed by atoms with Gasteiger partial charge in [-0.1, -0.05) is 17.7 Å². The van der Waals surface area contributed by atoms with E-state index in [1.54, 1.807) is 0 Å². The SMILES string of the molecule is CC(O)(CNC(=O)c1ccc(Cl)nc1)c1ccc(F)cc1F. The fourth-order valence-electron chi connectivity index (χ4n) is 1.89. The maximum absolute atomic E-state index is 13.7. The normalized spacial score (nSPS) is 13.5. The highest BCUT2D eigenvalue weighted by atomic mass is 35.5. The molecule has 0 spiro atoms. The molecule has 1 amide bonds. The van der Waals surface area contributed by atoms with Gasteiger partial charge >= 0.3 is 0 Å². The smallest absolute Gasteiger partial charge is 0.252 e. The summed E-state index contributed by atoms with van der Waals surface area (Å²) in [5.41, 5.74) is -1.55. The second kappa shape index (κ2) is 6.37. The standard InChI is InChI=1S/C15H13ClF2N2O2/c1-15(22,11-4-3-10(17)6-12(11)18)8-20-14(21)9-2-5-13(16)19-7-9/h2-7,22H,8H2,1H3,(H,20,21). The highest BCUT2D eigenvalue weighted by molar-refractivity contribution is 6.29. The van der Waals surface area contributed by atoms with Crippen LogP contribution in [0.3, 0.4) is 0 Å². The van der Waals surface area contributed by atoms with Crippen LogP contribution in [0.15, 0.2) is 36.5 Å². The molecular formula is C15H13ClF2N2O2. The molecule has 1 unspecified atom stereocenters. The Hall–Kier alpha value is -2.05. The molecule has 2 rings (SSSR count). The Labute approximate surface area is 130 Å². The lowest BCUT2D eigenvalue weighted by Gasteiger charge is -2.24. The highest BCUT2D eigenvalue weighted by Gasteiger charge is 2.27. The molecule has 7 heteroatoms. The molecule has 4 nitrogen and oxygen atoms in total. The first kappa shape index (κ1) is 16.3. The number of pyridine rings is 1. The van der Waals surface area contributed by atoms with Gasteiger partial charge in [0.15, 0.2) is 0 Å². The summed E-state index contributed by atoms with van der Waals surface area (Å²) in [6.07, 6.45) is 1.28. The van der Waals surface area contributed by atoms with Crippen molar-refractivity contribution in [3.05, 3.63) is 64.4 Å². The van der Waals surface area contributed by atoms with Crippen molar-refractivity contribution in [1.29, 1.82) is 0 Å². The van der Waals surface area contributed by atoms with E-state index in [-0.39, 0.29) is 22.8 Å². The topological polar surface area (TPSA) is 62.2 Å². The third-order valence-corrected chi connectivity index (χ3v) is 3.32. The van der Waals surface area contributed by atoms with Gasteiger partial charge in [0, 0.05) is 17.8 Å². The molecule has 0 fully saturated rings. The van der Waals surface area contributed by atoms with Crippen LogP contribution >= 0.6 is 11.6 Å². The maximum atomic E-state index is 13.7. The maximum Gasteiger partial charge on any atom is 0.252 e. The van der Waals surface area contributed by atoms with Gasteiger partial charge in [-0.2, -0.15) is 0 Å². The van der Waals surface area contributed by atoms with Crippen molar-refractivity contribution in [2.45, 2.75) is 12.5 Å². The molecule has 0 saturated carbocycles. The number of nitrogens with zero attached hydrogens (tertiary/aromatic N) is 1. The van der Waals surface area contributed by atoms with Crippen LogP contribution in [0, 0.1) is 11.6 Å². The summed E-state index contributed by atoms with van der Waals surface area (Å²) in [7, 11) is 0. The first-order chi connectivity index (χ1) is 10.3. The van der Waals surface area contributed by atoms with Gasteiger partial charge in [0.05, 0.1) is 12.1 Å². The fraction of sp³-hybridized carbons (Fsp3) is 0.200. The minimum Gasteiger partial charge on any atom is -0.383 e. The number of carbonyl (C=O) groups is 1. The quantitative estimate of drug-likeness (QED) is 0.849. The third-order valence-electron chi connectivity index (χ3n) is 3.09. The van der Waals surface area contributed by atoms with E-state index in [0.29, 0.717) is 6.07 Å².